The van der Waals surface area contributed by atoms with Crippen molar-refractivity contribution in [1.29, 1.82) is 0 Å². The van der Waals surface area contributed by atoms with Crippen molar-refractivity contribution in [2.24, 2.45) is 11.8 Å². The fourth-order valence-electron chi connectivity index (χ4n) is 1.37. The van der Waals surface area contributed by atoms with Crippen LogP contribution in [0, 0.1) is 11.8 Å². The molecule has 1 aliphatic carbocycles. The lowest BCUT2D eigenvalue weighted by molar-refractivity contribution is -0.137. The van der Waals surface area contributed by atoms with Gasteiger partial charge in [-0.3, -0.25) is 4.79 Å². The van der Waals surface area contributed by atoms with Crippen LogP contribution in [0.5, 0.6) is 0 Å². The van der Waals surface area contributed by atoms with Gasteiger partial charge in [-0.1, -0.05) is 6.92 Å². The summed E-state index contributed by atoms with van der Waals surface area (Å²) in [6.07, 6.45) is 1.16. The summed E-state index contributed by atoms with van der Waals surface area (Å²) in [5, 5.41) is 17.7. The van der Waals surface area contributed by atoms with E-state index >= 15 is 0 Å². The van der Waals surface area contributed by atoms with Crippen LogP contribution in [0.4, 0.5) is 0 Å². The predicted octanol–water partition coefficient (Wildman–Crippen LogP) is 0.868. The first-order valence-electron chi connectivity index (χ1n) is 4.01. The number of carboxylic acid groups (broad SMARTS) is 1. The Bertz CT molecular complexity index is 155. The Morgan fingerprint density at radius 2 is 2.27 bits per heavy atom. The monoisotopic (exact) mass is 158 g/mol. The summed E-state index contributed by atoms with van der Waals surface area (Å²) >= 11 is 0. The van der Waals surface area contributed by atoms with E-state index in [1.807, 2.05) is 0 Å². The Morgan fingerprint density at radius 3 is 2.64 bits per heavy atom. The van der Waals surface area contributed by atoms with E-state index in [0.29, 0.717) is 18.3 Å². The Hall–Kier alpha value is -0.570. The van der Waals surface area contributed by atoms with Crippen molar-refractivity contribution >= 4 is 5.97 Å². The van der Waals surface area contributed by atoms with Crippen LogP contribution in [-0.2, 0) is 4.79 Å². The van der Waals surface area contributed by atoms with Crippen LogP contribution in [0.2, 0.25) is 0 Å². The molecule has 3 heteroatoms. The number of hydrogen-bond donors (Lipinski definition) is 2. The van der Waals surface area contributed by atoms with Gasteiger partial charge in [0.2, 0.25) is 0 Å². The SMILES string of the molecule is CC1CC1C(O)CCC(=O)O. The van der Waals surface area contributed by atoms with Gasteiger partial charge in [-0.2, -0.15) is 0 Å². The number of rotatable bonds is 4. The second-order valence-corrected chi connectivity index (χ2v) is 3.38. The lowest BCUT2D eigenvalue weighted by Gasteiger charge is -2.06. The standard InChI is InChI=1S/C8H14O3/c1-5-4-6(5)7(9)2-3-8(10)11/h5-7,9H,2-4H2,1H3,(H,10,11). The number of carbonyl (C=O) groups is 1. The molecule has 0 amide bonds. The third-order valence-corrected chi connectivity index (χ3v) is 2.32. The average molecular weight is 158 g/mol. The quantitative estimate of drug-likeness (QED) is 0.638. The number of aliphatic hydroxyl groups excluding tert-OH is 1. The molecule has 0 spiro atoms. The van der Waals surface area contributed by atoms with Crippen LogP contribution >= 0.6 is 0 Å². The van der Waals surface area contributed by atoms with Crippen LogP contribution in [0.1, 0.15) is 26.2 Å². The van der Waals surface area contributed by atoms with Crippen molar-refractivity contribution in [2.45, 2.75) is 32.3 Å². The molecule has 1 fully saturated rings. The fourth-order valence-corrected chi connectivity index (χ4v) is 1.37. The minimum atomic E-state index is -0.822. The molecular weight excluding hydrogens is 144 g/mol. The molecule has 1 saturated carbocycles. The zero-order valence-electron chi connectivity index (χ0n) is 6.66. The van der Waals surface area contributed by atoms with Gasteiger partial charge in [-0.05, 0) is 24.7 Å². The highest BCUT2D eigenvalue weighted by atomic mass is 16.4. The van der Waals surface area contributed by atoms with Gasteiger partial charge in [0.05, 0.1) is 6.10 Å². The second kappa shape index (κ2) is 3.22. The van der Waals surface area contributed by atoms with Gasteiger partial charge in [0, 0.05) is 6.42 Å². The number of hydrogen-bond acceptors (Lipinski definition) is 2. The average Bonchev–Trinajstić information content (AvgIpc) is 2.61. The van der Waals surface area contributed by atoms with Crippen molar-refractivity contribution in [3.05, 3.63) is 0 Å². The maximum Gasteiger partial charge on any atom is 0.303 e. The smallest absolute Gasteiger partial charge is 0.303 e. The van der Waals surface area contributed by atoms with Crippen molar-refractivity contribution < 1.29 is 15.0 Å². The molecule has 3 atom stereocenters. The van der Waals surface area contributed by atoms with E-state index in [-0.39, 0.29) is 12.5 Å². The maximum atomic E-state index is 10.1. The van der Waals surface area contributed by atoms with Gasteiger partial charge in [0.25, 0.3) is 0 Å². The Labute approximate surface area is 66.0 Å². The zero-order chi connectivity index (χ0) is 8.43. The molecule has 0 aromatic heterocycles. The first-order chi connectivity index (χ1) is 5.11. The molecule has 0 radical (unpaired) electrons. The van der Waals surface area contributed by atoms with Crippen LogP contribution in [-0.4, -0.2) is 22.3 Å². The fraction of sp³-hybridized carbons (Fsp3) is 0.875. The second-order valence-electron chi connectivity index (χ2n) is 3.38. The molecule has 0 saturated heterocycles. The molecule has 0 aliphatic heterocycles. The molecule has 1 aliphatic rings. The van der Waals surface area contributed by atoms with Gasteiger partial charge < -0.3 is 10.2 Å². The van der Waals surface area contributed by atoms with E-state index in [9.17, 15) is 9.90 Å². The lowest BCUT2D eigenvalue weighted by Crippen LogP contribution is -2.12. The van der Waals surface area contributed by atoms with E-state index in [2.05, 4.69) is 6.92 Å². The highest BCUT2D eigenvalue weighted by Crippen LogP contribution is 2.41. The van der Waals surface area contributed by atoms with E-state index in [0.717, 1.165) is 6.42 Å². The van der Waals surface area contributed by atoms with Gasteiger partial charge in [-0.25, -0.2) is 0 Å². The molecule has 64 valence electrons. The molecule has 0 bridgehead atoms. The summed E-state index contributed by atoms with van der Waals surface area (Å²) in [5.41, 5.74) is 0. The summed E-state index contributed by atoms with van der Waals surface area (Å²) in [6.45, 7) is 2.08. The summed E-state index contributed by atoms with van der Waals surface area (Å²) in [6, 6.07) is 0. The van der Waals surface area contributed by atoms with Gasteiger partial charge in [0.1, 0.15) is 0 Å². The molecule has 3 unspecified atom stereocenters. The van der Waals surface area contributed by atoms with E-state index in [1.165, 1.54) is 0 Å². The highest BCUT2D eigenvalue weighted by molar-refractivity contribution is 5.66. The first kappa shape index (κ1) is 8.53. The third-order valence-electron chi connectivity index (χ3n) is 2.32. The Morgan fingerprint density at radius 1 is 1.73 bits per heavy atom. The number of aliphatic hydroxyl groups is 1. The molecule has 2 N–H and O–H groups in total. The molecule has 1 rings (SSSR count). The van der Waals surface area contributed by atoms with Gasteiger partial charge >= 0.3 is 5.97 Å². The van der Waals surface area contributed by atoms with Crippen molar-refractivity contribution in [1.82, 2.24) is 0 Å². The molecule has 0 aromatic carbocycles. The molecule has 0 heterocycles. The molecule has 3 nitrogen and oxygen atoms in total. The molecule has 11 heavy (non-hydrogen) atoms. The summed E-state index contributed by atoms with van der Waals surface area (Å²) < 4.78 is 0. The Balaban J connectivity index is 2.11. The van der Waals surface area contributed by atoms with Crippen LogP contribution in [0.3, 0.4) is 0 Å². The van der Waals surface area contributed by atoms with Crippen molar-refractivity contribution in [2.75, 3.05) is 0 Å². The third kappa shape index (κ3) is 2.50. The minimum absolute atomic E-state index is 0.0877. The highest BCUT2D eigenvalue weighted by Gasteiger charge is 2.38. The van der Waals surface area contributed by atoms with Crippen molar-refractivity contribution in [3.63, 3.8) is 0 Å². The molecule has 0 aromatic rings. The predicted molar refractivity (Wildman–Crippen MR) is 40.1 cm³/mol. The summed E-state index contributed by atoms with van der Waals surface area (Å²) in [4.78, 5) is 10.1. The van der Waals surface area contributed by atoms with E-state index in [1.54, 1.807) is 0 Å². The Kier molecular flexibility index (Phi) is 2.49. The largest absolute Gasteiger partial charge is 0.481 e. The van der Waals surface area contributed by atoms with Gasteiger partial charge in [-0.15, -0.1) is 0 Å². The normalized spacial score (nSPS) is 31.5. The van der Waals surface area contributed by atoms with E-state index < -0.39 is 5.97 Å². The molecular formula is C8H14O3. The first-order valence-corrected chi connectivity index (χ1v) is 4.01. The maximum absolute atomic E-state index is 10.1. The van der Waals surface area contributed by atoms with Gasteiger partial charge in [0.15, 0.2) is 0 Å². The van der Waals surface area contributed by atoms with Crippen LogP contribution in [0.15, 0.2) is 0 Å². The van der Waals surface area contributed by atoms with Crippen LogP contribution < -0.4 is 0 Å². The van der Waals surface area contributed by atoms with E-state index in [4.69, 9.17) is 5.11 Å². The lowest BCUT2D eigenvalue weighted by atomic mass is 10.1. The zero-order valence-corrected chi connectivity index (χ0v) is 6.66. The summed E-state index contributed by atoms with van der Waals surface area (Å²) in [5.74, 6) is 0.144. The van der Waals surface area contributed by atoms with Crippen LogP contribution in [0.25, 0.3) is 0 Å². The summed E-state index contributed by atoms with van der Waals surface area (Å²) in [7, 11) is 0. The topological polar surface area (TPSA) is 57.5 Å². The number of carboxylic acids is 1. The number of aliphatic carboxylic acids is 1. The van der Waals surface area contributed by atoms with Crippen molar-refractivity contribution in [3.8, 4) is 0 Å². The minimum Gasteiger partial charge on any atom is -0.481 e.